The molecule has 7 nitrogen and oxygen atoms in total. The Morgan fingerprint density at radius 3 is 2.48 bits per heavy atom. The molecule has 0 unspecified atom stereocenters. The van der Waals surface area contributed by atoms with E-state index in [2.05, 4.69) is 5.32 Å². The van der Waals surface area contributed by atoms with Crippen molar-refractivity contribution in [3.8, 4) is 5.75 Å². The summed E-state index contributed by atoms with van der Waals surface area (Å²) in [5.41, 5.74) is -0.377. The summed E-state index contributed by atoms with van der Waals surface area (Å²) in [5.74, 6) is -1.88. The third-order valence-corrected chi connectivity index (χ3v) is 4.80. The van der Waals surface area contributed by atoms with Gasteiger partial charge in [-0.2, -0.15) is 13.2 Å². The van der Waals surface area contributed by atoms with Crippen LogP contribution < -0.4 is 15.0 Å². The number of halogens is 3. The fourth-order valence-electron chi connectivity index (χ4n) is 3.32. The molecule has 33 heavy (non-hydrogen) atoms. The van der Waals surface area contributed by atoms with Gasteiger partial charge in [-0.05, 0) is 56.3 Å². The largest absolute Gasteiger partial charge is 0.491 e. The van der Waals surface area contributed by atoms with E-state index in [0.29, 0.717) is 11.4 Å². The number of carbonyl (C=O) groups is 3. The highest BCUT2D eigenvalue weighted by Crippen LogP contribution is 2.31. The number of carbonyl (C=O) groups excluding carboxylic acids is 3. The van der Waals surface area contributed by atoms with Crippen LogP contribution >= 0.6 is 0 Å². The summed E-state index contributed by atoms with van der Waals surface area (Å²) in [4.78, 5) is 38.1. The fraction of sp³-hybridized carbons (Fsp3) is 0.348. The van der Waals surface area contributed by atoms with Crippen molar-refractivity contribution in [1.29, 1.82) is 0 Å². The lowest BCUT2D eigenvalue weighted by Gasteiger charge is -2.17. The zero-order valence-electron chi connectivity index (χ0n) is 18.0. The zero-order valence-corrected chi connectivity index (χ0v) is 18.0. The molecule has 2 aromatic rings. The van der Waals surface area contributed by atoms with Crippen LogP contribution in [-0.4, -0.2) is 37.0 Å². The lowest BCUT2D eigenvalue weighted by molar-refractivity contribution is -0.151. The highest BCUT2D eigenvalue weighted by molar-refractivity contribution is 6.00. The average Bonchev–Trinajstić information content (AvgIpc) is 3.13. The number of ether oxygens (including phenoxy) is 2. The number of esters is 1. The number of benzene rings is 2. The van der Waals surface area contributed by atoms with Crippen LogP contribution in [0.25, 0.3) is 0 Å². The Hall–Kier alpha value is -3.56. The molecule has 3 rings (SSSR count). The van der Waals surface area contributed by atoms with E-state index < -0.39 is 36.1 Å². The zero-order chi connectivity index (χ0) is 24.2. The molecule has 1 saturated heterocycles. The van der Waals surface area contributed by atoms with Gasteiger partial charge in [0.1, 0.15) is 5.75 Å². The molecule has 176 valence electrons. The normalized spacial score (nSPS) is 16.1. The van der Waals surface area contributed by atoms with Crippen LogP contribution in [0.2, 0.25) is 0 Å². The summed E-state index contributed by atoms with van der Waals surface area (Å²) in [6.45, 7) is 3.21. The third-order valence-electron chi connectivity index (χ3n) is 4.80. The predicted molar refractivity (Wildman–Crippen MR) is 114 cm³/mol. The Labute approximate surface area is 188 Å². The molecule has 2 aromatic carbocycles. The predicted octanol–water partition coefficient (Wildman–Crippen LogP) is 4.03. The number of hydrogen-bond acceptors (Lipinski definition) is 5. The summed E-state index contributed by atoms with van der Waals surface area (Å²) in [7, 11) is 0. The van der Waals surface area contributed by atoms with Crippen LogP contribution in [0.15, 0.2) is 48.5 Å². The van der Waals surface area contributed by atoms with Gasteiger partial charge in [-0.1, -0.05) is 6.07 Å². The molecule has 1 aliphatic heterocycles. The minimum absolute atomic E-state index is 0.00852. The Bertz CT molecular complexity index is 1020. The van der Waals surface area contributed by atoms with Gasteiger partial charge in [0, 0.05) is 24.3 Å². The number of rotatable bonds is 7. The molecular formula is C23H23F3N2O5. The molecule has 0 radical (unpaired) electrons. The summed E-state index contributed by atoms with van der Waals surface area (Å²) in [6.07, 6.45) is -4.61. The first-order chi connectivity index (χ1) is 15.5. The van der Waals surface area contributed by atoms with Crippen LogP contribution in [0, 0.1) is 5.92 Å². The van der Waals surface area contributed by atoms with Crippen molar-refractivity contribution in [3.63, 3.8) is 0 Å². The third kappa shape index (κ3) is 6.47. The van der Waals surface area contributed by atoms with E-state index in [0.717, 1.165) is 18.2 Å². The van der Waals surface area contributed by atoms with Crippen molar-refractivity contribution < 1.29 is 37.0 Å². The van der Waals surface area contributed by atoms with Crippen molar-refractivity contribution in [3.05, 3.63) is 54.1 Å². The van der Waals surface area contributed by atoms with Crippen LogP contribution in [0.4, 0.5) is 24.5 Å². The highest BCUT2D eigenvalue weighted by Gasteiger charge is 2.36. The monoisotopic (exact) mass is 464 g/mol. The standard InChI is InChI=1S/C23H23F3N2O5/c1-14(2)33-19-8-6-18(7-9-19)28-12-15(10-21(28)30)22(31)32-13-20(29)27-17-5-3-4-16(11-17)23(24,25)26/h3-9,11,14-15H,10,12-13H2,1-2H3,(H,27,29)/t15-/m0/s1. The number of hydrogen-bond donors (Lipinski definition) is 1. The van der Waals surface area contributed by atoms with E-state index in [4.69, 9.17) is 9.47 Å². The molecule has 0 aromatic heterocycles. The molecule has 0 saturated carbocycles. The Kier molecular flexibility index (Phi) is 7.25. The maximum Gasteiger partial charge on any atom is 0.416 e. The molecule has 1 heterocycles. The molecule has 1 N–H and O–H groups in total. The van der Waals surface area contributed by atoms with Crippen molar-refractivity contribution >= 4 is 29.2 Å². The second-order valence-electron chi connectivity index (χ2n) is 7.80. The van der Waals surface area contributed by atoms with E-state index in [1.807, 2.05) is 13.8 Å². The molecule has 10 heteroatoms. The van der Waals surface area contributed by atoms with Crippen molar-refractivity contribution in [2.75, 3.05) is 23.4 Å². The van der Waals surface area contributed by atoms with Crippen molar-refractivity contribution in [2.24, 2.45) is 5.92 Å². The molecule has 2 amide bonds. The Morgan fingerprint density at radius 2 is 1.85 bits per heavy atom. The molecule has 0 spiro atoms. The minimum atomic E-state index is -4.55. The first-order valence-corrected chi connectivity index (χ1v) is 10.2. The second kappa shape index (κ2) is 9.93. The summed E-state index contributed by atoms with van der Waals surface area (Å²) in [6, 6.07) is 11.0. The maximum atomic E-state index is 12.8. The van der Waals surface area contributed by atoms with E-state index in [1.165, 1.54) is 11.0 Å². The van der Waals surface area contributed by atoms with Gasteiger partial charge in [0.25, 0.3) is 5.91 Å². The van der Waals surface area contributed by atoms with Gasteiger partial charge in [0.15, 0.2) is 6.61 Å². The molecule has 0 bridgehead atoms. The SMILES string of the molecule is CC(C)Oc1ccc(N2C[C@@H](C(=O)OCC(=O)Nc3cccc(C(F)(F)F)c3)CC2=O)cc1. The Morgan fingerprint density at radius 1 is 1.15 bits per heavy atom. The van der Waals surface area contributed by atoms with Gasteiger partial charge < -0.3 is 19.7 Å². The van der Waals surface area contributed by atoms with Gasteiger partial charge in [-0.25, -0.2) is 0 Å². The topological polar surface area (TPSA) is 84.9 Å². The maximum absolute atomic E-state index is 12.8. The number of nitrogens with one attached hydrogen (secondary N) is 1. The van der Waals surface area contributed by atoms with Gasteiger partial charge in [0.05, 0.1) is 17.6 Å². The van der Waals surface area contributed by atoms with Crippen molar-refractivity contribution in [1.82, 2.24) is 0 Å². The molecule has 1 atom stereocenters. The van der Waals surface area contributed by atoms with E-state index in [9.17, 15) is 27.6 Å². The van der Waals surface area contributed by atoms with Crippen LogP contribution in [0.1, 0.15) is 25.8 Å². The molecule has 1 fully saturated rings. The Balaban J connectivity index is 1.52. The lowest BCUT2D eigenvalue weighted by Crippen LogP contribution is -2.28. The first-order valence-electron chi connectivity index (χ1n) is 10.2. The number of anilines is 2. The first kappa shape index (κ1) is 24.1. The minimum Gasteiger partial charge on any atom is -0.491 e. The molecule has 1 aliphatic rings. The van der Waals surface area contributed by atoms with Crippen molar-refractivity contribution in [2.45, 2.75) is 32.5 Å². The second-order valence-corrected chi connectivity index (χ2v) is 7.80. The van der Waals surface area contributed by atoms with Gasteiger partial charge in [0.2, 0.25) is 5.91 Å². The van der Waals surface area contributed by atoms with Crippen LogP contribution in [0.3, 0.4) is 0 Å². The lowest BCUT2D eigenvalue weighted by atomic mass is 10.1. The van der Waals surface area contributed by atoms with Crippen LogP contribution in [0.5, 0.6) is 5.75 Å². The highest BCUT2D eigenvalue weighted by atomic mass is 19.4. The van der Waals surface area contributed by atoms with Gasteiger partial charge >= 0.3 is 12.1 Å². The molecule has 0 aliphatic carbocycles. The van der Waals surface area contributed by atoms with E-state index in [1.54, 1.807) is 24.3 Å². The summed E-state index contributed by atoms with van der Waals surface area (Å²) in [5, 5.41) is 2.26. The number of amides is 2. The van der Waals surface area contributed by atoms with E-state index >= 15 is 0 Å². The summed E-state index contributed by atoms with van der Waals surface area (Å²) >= 11 is 0. The average molecular weight is 464 g/mol. The smallest absolute Gasteiger partial charge is 0.416 e. The summed E-state index contributed by atoms with van der Waals surface area (Å²) < 4.78 is 48.9. The number of alkyl halides is 3. The van der Waals surface area contributed by atoms with E-state index in [-0.39, 0.29) is 30.7 Å². The fourth-order valence-corrected chi connectivity index (χ4v) is 3.32. The van der Waals surface area contributed by atoms with Gasteiger partial charge in [-0.3, -0.25) is 14.4 Å². The number of nitrogens with zero attached hydrogens (tertiary/aromatic N) is 1. The quantitative estimate of drug-likeness (QED) is 0.626. The molecular weight excluding hydrogens is 441 g/mol. The van der Waals surface area contributed by atoms with Gasteiger partial charge in [-0.15, -0.1) is 0 Å². The van der Waals surface area contributed by atoms with Crippen LogP contribution in [-0.2, 0) is 25.3 Å².